The second kappa shape index (κ2) is 11.0. The molecule has 0 radical (unpaired) electrons. The predicted molar refractivity (Wildman–Crippen MR) is 119 cm³/mol. The van der Waals surface area contributed by atoms with E-state index in [0.717, 1.165) is 31.2 Å². The number of ether oxygens (including phenoxy) is 1. The lowest BCUT2D eigenvalue weighted by molar-refractivity contribution is -0.141. The van der Waals surface area contributed by atoms with Crippen molar-refractivity contribution in [2.24, 2.45) is 0 Å². The van der Waals surface area contributed by atoms with Crippen LogP contribution in [0.3, 0.4) is 0 Å². The summed E-state index contributed by atoms with van der Waals surface area (Å²) in [5.41, 5.74) is 1.12. The monoisotopic (exact) mass is 428 g/mol. The van der Waals surface area contributed by atoms with Crippen molar-refractivity contribution < 1.29 is 14.3 Å². The topological polar surface area (TPSA) is 58.6 Å². The molecular weight excluding hydrogens is 400 g/mol. The molecule has 3 rings (SSSR count). The molecule has 0 aromatic heterocycles. The Morgan fingerprint density at radius 2 is 1.87 bits per heavy atom. The number of hydrogen-bond acceptors (Lipinski definition) is 3. The SMILES string of the molecule is C[C@H](C(=O)NC1CCCC1)N(CCc1ccccc1)C(=O)COc1cccc(Cl)c1. The van der Waals surface area contributed by atoms with Crippen LogP contribution in [0, 0.1) is 0 Å². The lowest BCUT2D eigenvalue weighted by Crippen LogP contribution is -2.51. The van der Waals surface area contributed by atoms with Crippen LogP contribution in [0.2, 0.25) is 5.02 Å². The highest BCUT2D eigenvalue weighted by atomic mass is 35.5. The van der Waals surface area contributed by atoms with Crippen molar-refractivity contribution >= 4 is 23.4 Å². The number of nitrogens with one attached hydrogen (secondary N) is 1. The maximum atomic E-state index is 13.0. The molecule has 0 heterocycles. The van der Waals surface area contributed by atoms with Crippen LogP contribution < -0.4 is 10.1 Å². The lowest BCUT2D eigenvalue weighted by atomic mass is 10.1. The van der Waals surface area contributed by atoms with Crippen LogP contribution in [0.5, 0.6) is 5.75 Å². The number of hydrogen-bond donors (Lipinski definition) is 1. The molecule has 5 nitrogen and oxygen atoms in total. The van der Waals surface area contributed by atoms with E-state index in [1.807, 2.05) is 30.3 Å². The van der Waals surface area contributed by atoms with Gasteiger partial charge in [-0.2, -0.15) is 0 Å². The van der Waals surface area contributed by atoms with Crippen molar-refractivity contribution in [3.8, 4) is 5.75 Å². The Morgan fingerprint density at radius 3 is 2.57 bits per heavy atom. The Balaban J connectivity index is 1.65. The molecule has 2 amide bonds. The summed E-state index contributed by atoms with van der Waals surface area (Å²) in [6.45, 7) is 2.09. The van der Waals surface area contributed by atoms with Gasteiger partial charge in [0.25, 0.3) is 5.91 Å². The first-order valence-corrected chi connectivity index (χ1v) is 10.9. The molecule has 0 saturated heterocycles. The van der Waals surface area contributed by atoms with Crippen LogP contribution in [0.25, 0.3) is 0 Å². The fraction of sp³-hybridized carbons (Fsp3) is 0.417. The van der Waals surface area contributed by atoms with Gasteiger partial charge >= 0.3 is 0 Å². The maximum absolute atomic E-state index is 13.0. The van der Waals surface area contributed by atoms with E-state index in [4.69, 9.17) is 16.3 Å². The Hall–Kier alpha value is -2.53. The summed E-state index contributed by atoms with van der Waals surface area (Å²) >= 11 is 5.98. The predicted octanol–water partition coefficient (Wildman–Crippen LogP) is 4.24. The number of halogens is 1. The Labute approximate surface area is 183 Å². The molecule has 6 heteroatoms. The van der Waals surface area contributed by atoms with Crippen molar-refractivity contribution in [1.29, 1.82) is 0 Å². The number of carbonyl (C=O) groups is 2. The standard InChI is InChI=1S/C24H29ClN2O3/c1-18(24(29)26-21-11-5-6-12-21)27(15-14-19-8-3-2-4-9-19)23(28)17-30-22-13-7-10-20(25)16-22/h2-4,7-10,13,16,18,21H,5-6,11-12,14-15,17H2,1H3,(H,26,29)/t18-/m1/s1. The number of carbonyl (C=O) groups excluding carboxylic acids is 2. The molecular formula is C24H29ClN2O3. The van der Waals surface area contributed by atoms with Gasteiger partial charge in [-0.05, 0) is 49.9 Å². The summed E-state index contributed by atoms with van der Waals surface area (Å²) in [6.07, 6.45) is 4.97. The third-order valence-electron chi connectivity index (χ3n) is 5.51. The van der Waals surface area contributed by atoms with E-state index < -0.39 is 6.04 Å². The highest BCUT2D eigenvalue weighted by Gasteiger charge is 2.28. The van der Waals surface area contributed by atoms with E-state index in [2.05, 4.69) is 5.32 Å². The van der Waals surface area contributed by atoms with Gasteiger partial charge in [0.2, 0.25) is 5.91 Å². The third kappa shape index (κ3) is 6.49. The van der Waals surface area contributed by atoms with Crippen LogP contribution in [-0.2, 0) is 16.0 Å². The van der Waals surface area contributed by atoms with Gasteiger partial charge in [0.05, 0.1) is 0 Å². The zero-order chi connectivity index (χ0) is 21.3. The number of rotatable bonds is 9. The van der Waals surface area contributed by atoms with Gasteiger partial charge in [0, 0.05) is 17.6 Å². The Kier molecular flexibility index (Phi) is 8.14. The summed E-state index contributed by atoms with van der Waals surface area (Å²) in [5.74, 6) is 0.202. The fourth-order valence-corrected chi connectivity index (χ4v) is 3.93. The van der Waals surface area contributed by atoms with E-state index >= 15 is 0 Å². The lowest BCUT2D eigenvalue weighted by Gasteiger charge is -2.29. The molecule has 0 spiro atoms. The highest BCUT2D eigenvalue weighted by Crippen LogP contribution is 2.19. The minimum absolute atomic E-state index is 0.105. The molecule has 1 saturated carbocycles. The van der Waals surface area contributed by atoms with Crippen LogP contribution in [-0.4, -0.2) is 41.9 Å². The summed E-state index contributed by atoms with van der Waals surface area (Å²) in [4.78, 5) is 27.4. The number of nitrogens with zero attached hydrogens (tertiary/aromatic N) is 1. The molecule has 0 aliphatic heterocycles. The summed E-state index contributed by atoms with van der Waals surface area (Å²) < 4.78 is 5.64. The van der Waals surface area contributed by atoms with E-state index in [1.54, 1.807) is 36.1 Å². The molecule has 1 fully saturated rings. The molecule has 0 bridgehead atoms. The quantitative estimate of drug-likeness (QED) is 0.650. The van der Waals surface area contributed by atoms with E-state index in [0.29, 0.717) is 23.7 Å². The average molecular weight is 429 g/mol. The molecule has 1 N–H and O–H groups in total. The van der Waals surface area contributed by atoms with Crippen LogP contribution in [0.15, 0.2) is 54.6 Å². The van der Waals surface area contributed by atoms with Gasteiger partial charge in [-0.1, -0.05) is 60.8 Å². The van der Waals surface area contributed by atoms with Crippen LogP contribution >= 0.6 is 11.6 Å². The summed E-state index contributed by atoms with van der Waals surface area (Å²) in [6, 6.07) is 16.5. The minimum atomic E-state index is -0.565. The van der Waals surface area contributed by atoms with Gasteiger partial charge in [-0.15, -0.1) is 0 Å². The van der Waals surface area contributed by atoms with Gasteiger partial charge < -0.3 is 15.0 Å². The van der Waals surface area contributed by atoms with Gasteiger partial charge in [0.1, 0.15) is 11.8 Å². The van der Waals surface area contributed by atoms with Crippen LogP contribution in [0.1, 0.15) is 38.2 Å². The highest BCUT2D eigenvalue weighted by molar-refractivity contribution is 6.30. The first-order chi connectivity index (χ1) is 14.5. The fourth-order valence-electron chi connectivity index (χ4n) is 3.75. The van der Waals surface area contributed by atoms with Crippen molar-refractivity contribution in [1.82, 2.24) is 10.2 Å². The van der Waals surface area contributed by atoms with Crippen molar-refractivity contribution in [3.63, 3.8) is 0 Å². The average Bonchev–Trinajstić information content (AvgIpc) is 3.26. The maximum Gasteiger partial charge on any atom is 0.261 e. The van der Waals surface area contributed by atoms with E-state index in [-0.39, 0.29) is 24.5 Å². The first-order valence-electron chi connectivity index (χ1n) is 10.5. The molecule has 1 atom stereocenters. The minimum Gasteiger partial charge on any atom is -0.484 e. The third-order valence-corrected chi connectivity index (χ3v) is 5.75. The molecule has 2 aromatic rings. The second-order valence-electron chi connectivity index (χ2n) is 7.73. The molecule has 30 heavy (non-hydrogen) atoms. The van der Waals surface area contributed by atoms with Crippen molar-refractivity contribution in [2.45, 2.75) is 51.1 Å². The van der Waals surface area contributed by atoms with Gasteiger partial charge in [-0.3, -0.25) is 9.59 Å². The number of benzene rings is 2. The summed E-state index contributed by atoms with van der Waals surface area (Å²) in [7, 11) is 0. The smallest absolute Gasteiger partial charge is 0.261 e. The van der Waals surface area contributed by atoms with Crippen LogP contribution in [0.4, 0.5) is 0 Å². The molecule has 160 valence electrons. The second-order valence-corrected chi connectivity index (χ2v) is 8.17. The number of amides is 2. The zero-order valence-electron chi connectivity index (χ0n) is 17.4. The largest absolute Gasteiger partial charge is 0.484 e. The Morgan fingerprint density at radius 1 is 1.13 bits per heavy atom. The van der Waals surface area contributed by atoms with Gasteiger partial charge in [0.15, 0.2) is 6.61 Å². The van der Waals surface area contributed by atoms with Crippen molar-refractivity contribution in [3.05, 3.63) is 65.2 Å². The molecule has 1 aliphatic carbocycles. The zero-order valence-corrected chi connectivity index (χ0v) is 18.1. The molecule has 0 unspecified atom stereocenters. The normalized spacial score (nSPS) is 14.9. The van der Waals surface area contributed by atoms with E-state index in [1.165, 1.54) is 0 Å². The first kappa shape index (κ1) is 22.2. The van der Waals surface area contributed by atoms with Crippen molar-refractivity contribution in [2.75, 3.05) is 13.2 Å². The molecule has 1 aliphatic rings. The van der Waals surface area contributed by atoms with E-state index in [9.17, 15) is 9.59 Å². The Bertz CT molecular complexity index is 837. The van der Waals surface area contributed by atoms with Gasteiger partial charge in [-0.25, -0.2) is 0 Å². The summed E-state index contributed by atoms with van der Waals surface area (Å²) in [5, 5.41) is 3.65. The molecule has 2 aromatic carbocycles.